The number of likely N-dealkylation sites (tertiary alicyclic amines) is 1. The molecule has 1 aliphatic heterocycles. The van der Waals surface area contributed by atoms with E-state index in [1.807, 2.05) is 6.92 Å². The van der Waals surface area contributed by atoms with E-state index in [0.717, 1.165) is 19.4 Å². The maximum Gasteiger partial charge on any atom is 0.226 e. The molecule has 1 saturated heterocycles. The molecule has 0 saturated carbocycles. The van der Waals surface area contributed by atoms with E-state index in [2.05, 4.69) is 0 Å². The van der Waals surface area contributed by atoms with Crippen LogP contribution in [0.25, 0.3) is 0 Å². The molecule has 0 aliphatic carbocycles. The van der Waals surface area contributed by atoms with Crippen molar-refractivity contribution in [3.8, 4) is 0 Å². The topological polar surface area (TPSA) is 66.6 Å². The number of nitrogens with zero attached hydrogens (tertiary/aromatic N) is 1. The number of aliphatic hydroxyl groups excluding tert-OH is 1. The molecule has 2 unspecified atom stereocenters. The molecule has 1 fully saturated rings. The van der Waals surface area contributed by atoms with Gasteiger partial charge in [0.25, 0.3) is 0 Å². The van der Waals surface area contributed by atoms with Gasteiger partial charge in [0.15, 0.2) is 0 Å². The van der Waals surface area contributed by atoms with Crippen LogP contribution in [-0.2, 0) is 4.79 Å². The van der Waals surface area contributed by atoms with Crippen LogP contribution < -0.4 is 5.73 Å². The highest BCUT2D eigenvalue weighted by Crippen LogP contribution is 2.12. The highest BCUT2D eigenvalue weighted by Gasteiger charge is 2.24. The van der Waals surface area contributed by atoms with Crippen LogP contribution in [0, 0.1) is 5.92 Å². The summed E-state index contributed by atoms with van der Waals surface area (Å²) in [5, 5.41) is 9.36. The molecule has 13 heavy (non-hydrogen) atoms. The Morgan fingerprint density at radius 3 is 3.00 bits per heavy atom. The zero-order chi connectivity index (χ0) is 9.84. The van der Waals surface area contributed by atoms with Gasteiger partial charge >= 0.3 is 0 Å². The summed E-state index contributed by atoms with van der Waals surface area (Å²) in [4.78, 5) is 13.3. The van der Waals surface area contributed by atoms with E-state index >= 15 is 0 Å². The van der Waals surface area contributed by atoms with Crippen molar-refractivity contribution in [3.05, 3.63) is 0 Å². The Morgan fingerprint density at radius 1 is 1.77 bits per heavy atom. The lowest BCUT2D eigenvalue weighted by atomic mass is 10.1. The first-order valence-corrected chi connectivity index (χ1v) is 4.82. The van der Waals surface area contributed by atoms with E-state index in [9.17, 15) is 9.90 Å². The zero-order valence-electron chi connectivity index (χ0n) is 8.07. The molecule has 2 atom stereocenters. The van der Waals surface area contributed by atoms with Crippen LogP contribution in [0.2, 0.25) is 0 Å². The molecule has 4 heteroatoms. The summed E-state index contributed by atoms with van der Waals surface area (Å²) in [5.41, 5.74) is 5.40. The molecule has 4 nitrogen and oxygen atoms in total. The Kier molecular flexibility index (Phi) is 3.69. The lowest BCUT2D eigenvalue weighted by Crippen LogP contribution is -2.45. The summed E-state index contributed by atoms with van der Waals surface area (Å²) >= 11 is 0. The SMILES string of the molecule is CC(CN)C(=O)N1CCCC(O)C1. The van der Waals surface area contributed by atoms with Crippen molar-refractivity contribution in [2.75, 3.05) is 19.6 Å². The summed E-state index contributed by atoms with van der Waals surface area (Å²) in [7, 11) is 0. The van der Waals surface area contributed by atoms with Gasteiger partial charge in [0, 0.05) is 25.6 Å². The number of carbonyl (C=O) groups excluding carboxylic acids is 1. The monoisotopic (exact) mass is 186 g/mol. The lowest BCUT2D eigenvalue weighted by molar-refractivity contribution is -0.137. The third-order valence-corrected chi connectivity index (χ3v) is 2.48. The Bertz CT molecular complexity index is 184. The van der Waals surface area contributed by atoms with Gasteiger partial charge in [-0.05, 0) is 12.8 Å². The van der Waals surface area contributed by atoms with Gasteiger partial charge in [-0.15, -0.1) is 0 Å². The molecular weight excluding hydrogens is 168 g/mol. The molecule has 0 radical (unpaired) electrons. The Hall–Kier alpha value is -0.610. The van der Waals surface area contributed by atoms with Crippen molar-refractivity contribution in [3.63, 3.8) is 0 Å². The summed E-state index contributed by atoms with van der Waals surface area (Å²) in [6.07, 6.45) is 1.35. The number of β-amino-alcohol motifs (C(OH)–C–C–N with tert-alkyl or cyclic N) is 1. The standard InChI is InChI=1S/C9H18N2O2/c1-7(5-10)9(13)11-4-2-3-8(12)6-11/h7-8,12H,2-6,10H2,1H3. The molecule has 0 bridgehead atoms. The number of nitrogens with two attached hydrogens (primary N) is 1. The molecule has 1 aliphatic rings. The summed E-state index contributed by atoms with van der Waals surface area (Å²) in [6, 6.07) is 0. The quantitative estimate of drug-likeness (QED) is 0.614. The molecule has 76 valence electrons. The second-order valence-corrected chi connectivity index (χ2v) is 3.72. The second-order valence-electron chi connectivity index (χ2n) is 3.72. The maximum absolute atomic E-state index is 11.6. The van der Waals surface area contributed by atoms with Gasteiger partial charge < -0.3 is 15.7 Å². The number of rotatable bonds is 2. The van der Waals surface area contributed by atoms with Gasteiger partial charge in [0.05, 0.1) is 6.10 Å². The van der Waals surface area contributed by atoms with Crippen molar-refractivity contribution >= 4 is 5.91 Å². The minimum absolute atomic E-state index is 0.0706. The van der Waals surface area contributed by atoms with Crippen LogP contribution in [0.15, 0.2) is 0 Å². The highest BCUT2D eigenvalue weighted by molar-refractivity contribution is 5.78. The summed E-state index contributed by atoms with van der Waals surface area (Å²) in [5.74, 6) is -0.0495. The van der Waals surface area contributed by atoms with Gasteiger partial charge in [-0.3, -0.25) is 4.79 Å². The Labute approximate surface area is 78.7 Å². The molecule has 1 rings (SSSR count). The third kappa shape index (κ3) is 2.67. The third-order valence-electron chi connectivity index (χ3n) is 2.48. The number of carbonyl (C=O) groups is 1. The molecule has 0 aromatic carbocycles. The van der Waals surface area contributed by atoms with Crippen molar-refractivity contribution < 1.29 is 9.90 Å². The molecule has 0 aromatic rings. The maximum atomic E-state index is 11.6. The molecule has 1 amide bonds. The van der Waals surface area contributed by atoms with Crippen LogP contribution in [-0.4, -0.2) is 41.7 Å². The minimum Gasteiger partial charge on any atom is -0.391 e. The fourth-order valence-corrected chi connectivity index (χ4v) is 1.57. The van der Waals surface area contributed by atoms with Crippen LogP contribution in [0.1, 0.15) is 19.8 Å². The van der Waals surface area contributed by atoms with Crippen molar-refractivity contribution in [1.82, 2.24) is 4.90 Å². The van der Waals surface area contributed by atoms with E-state index in [-0.39, 0.29) is 17.9 Å². The Balaban J connectivity index is 2.46. The first-order chi connectivity index (χ1) is 6.15. The minimum atomic E-state index is -0.345. The van der Waals surface area contributed by atoms with Gasteiger partial charge in [0.2, 0.25) is 5.91 Å². The average Bonchev–Trinajstić information content (AvgIpc) is 2.15. The number of hydrogen-bond acceptors (Lipinski definition) is 3. The fraction of sp³-hybridized carbons (Fsp3) is 0.889. The van der Waals surface area contributed by atoms with Crippen LogP contribution >= 0.6 is 0 Å². The highest BCUT2D eigenvalue weighted by atomic mass is 16.3. The molecule has 0 spiro atoms. The van der Waals surface area contributed by atoms with Crippen molar-refractivity contribution in [1.29, 1.82) is 0 Å². The van der Waals surface area contributed by atoms with E-state index in [4.69, 9.17) is 5.73 Å². The van der Waals surface area contributed by atoms with E-state index in [0.29, 0.717) is 13.1 Å². The number of hydrogen-bond donors (Lipinski definition) is 2. The average molecular weight is 186 g/mol. The Morgan fingerprint density at radius 2 is 2.46 bits per heavy atom. The van der Waals surface area contributed by atoms with E-state index < -0.39 is 0 Å². The van der Waals surface area contributed by atoms with Crippen LogP contribution in [0.4, 0.5) is 0 Å². The molecule has 0 aromatic heterocycles. The smallest absolute Gasteiger partial charge is 0.226 e. The number of aliphatic hydroxyl groups is 1. The van der Waals surface area contributed by atoms with Crippen LogP contribution in [0.5, 0.6) is 0 Å². The predicted molar refractivity (Wildman–Crippen MR) is 50.0 cm³/mol. The van der Waals surface area contributed by atoms with E-state index in [1.54, 1.807) is 4.90 Å². The van der Waals surface area contributed by atoms with Gasteiger partial charge in [0.1, 0.15) is 0 Å². The molecular formula is C9H18N2O2. The first-order valence-electron chi connectivity index (χ1n) is 4.82. The van der Waals surface area contributed by atoms with Gasteiger partial charge in [-0.1, -0.05) is 6.92 Å². The number of amides is 1. The predicted octanol–water partition coefficient (Wildman–Crippen LogP) is -0.435. The molecule has 3 N–H and O–H groups in total. The largest absolute Gasteiger partial charge is 0.391 e. The summed E-state index contributed by atoms with van der Waals surface area (Å²) < 4.78 is 0. The van der Waals surface area contributed by atoms with Crippen LogP contribution in [0.3, 0.4) is 0 Å². The summed E-state index contributed by atoms with van der Waals surface area (Å²) in [6.45, 7) is 3.44. The van der Waals surface area contributed by atoms with Crippen molar-refractivity contribution in [2.24, 2.45) is 11.7 Å². The normalized spacial score (nSPS) is 25.8. The first kappa shape index (κ1) is 10.5. The van der Waals surface area contributed by atoms with Gasteiger partial charge in [-0.2, -0.15) is 0 Å². The second kappa shape index (κ2) is 4.58. The number of piperidine rings is 1. The zero-order valence-corrected chi connectivity index (χ0v) is 8.07. The van der Waals surface area contributed by atoms with Gasteiger partial charge in [-0.25, -0.2) is 0 Å². The lowest BCUT2D eigenvalue weighted by Gasteiger charge is -2.31. The molecule has 1 heterocycles. The fourth-order valence-electron chi connectivity index (χ4n) is 1.57. The van der Waals surface area contributed by atoms with E-state index in [1.165, 1.54) is 0 Å². The van der Waals surface area contributed by atoms with Crippen molar-refractivity contribution in [2.45, 2.75) is 25.9 Å².